The molecule has 2 N–H and O–H groups in total. The number of anilines is 2. The molecule has 1 aromatic heterocycles. The summed E-state index contributed by atoms with van der Waals surface area (Å²) in [7, 11) is -2.01. The first-order chi connectivity index (χ1) is 11.4. The Morgan fingerprint density at radius 2 is 2.17 bits per heavy atom. The van der Waals surface area contributed by atoms with E-state index in [4.69, 9.17) is 4.74 Å². The number of sulfonamides is 1. The number of carbonyl (C=O) groups is 1. The van der Waals surface area contributed by atoms with Crippen LogP contribution in [0.1, 0.15) is 12.8 Å². The number of rotatable bonds is 8. The van der Waals surface area contributed by atoms with E-state index < -0.39 is 10.0 Å². The van der Waals surface area contributed by atoms with E-state index in [2.05, 4.69) is 15.1 Å². The van der Waals surface area contributed by atoms with Crippen molar-refractivity contribution in [2.75, 3.05) is 23.4 Å². The molecule has 1 heterocycles. The van der Waals surface area contributed by atoms with E-state index in [0.29, 0.717) is 30.8 Å². The molecule has 0 saturated heterocycles. The highest BCUT2D eigenvalue weighted by Crippen LogP contribution is 2.28. The summed E-state index contributed by atoms with van der Waals surface area (Å²) < 4.78 is 32.0. The Bertz CT molecular complexity index is 788. The van der Waals surface area contributed by atoms with Gasteiger partial charge in [-0.15, -0.1) is 0 Å². The predicted molar refractivity (Wildman–Crippen MR) is 91.6 cm³/mol. The molecule has 8 nitrogen and oxygen atoms in total. The van der Waals surface area contributed by atoms with E-state index in [1.54, 1.807) is 23.0 Å². The number of nitrogens with one attached hydrogen (secondary N) is 2. The SMILES string of the molecule is COc1ccc(NC(=O)CCCn2cccn2)cc1NS(C)(=O)=O. The molecule has 0 saturated carbocycles. The van der Waals surface area contributed by atoms with Gasteiger partial charge in [0.05, 0.1) is 19.1 Å². The number of carbonyl (C=O) groups excluding carboxylic acids is 1. The second-order valence-electron chi connectivity index (χ2n) is 5.21. The van der Waals surface area contributed by atoms with E-state index in [1.807, 2.05) is 12.3 Å². The van der Waals surface area contributed by atoms with Gasteiger partial charge >= 0.3 is 0 Å². The molecule has 1 aromatic carbocycles. The number of benzene rings is 1. The Hall–Kier alpha value is -2.55. The van der Waals surface area contributed by atoms with Crippen LogP contribution in [0.3, 0.4) is 0 Å². The molecule has 9 heteroatoms. The number of methoxy groups -OCH3 is 1. The average molecular weight is 352 g/mol. The molecular weight excluding hydrogens is 332 g/mol. The summed E-state index contributed by atoms with van der Waals surface area (Å²) in [4.78, 5) is 12.0. The van der Waals surface area contributed by atoms with Crippen LogP contribution in [0.25, 0.3) is 0 Å². The summed E-state index contributed by atoms with van der Waals surface area (Å²) in [5.74, 6) is 0.217. The monoisotopic (exact) mass is 352 g/mol. The van der Waals surface area contributed by atoms with Crippen molar-refractivity contribution in [1.29, 1.82) is 0 Å². The molecule has 2 rings (SSSR count). The third-order valence-corrected chi connectivity index (χ3v) is 3.72. The van der Waals surface area contributed by atoms with Gasteiger partial charge in [-0.2, -0.15) is 5.10 Å². The number of hydrogen-bond acceptors (Lipinski definition) is 5. The number of amides is 1. The highest BCUT2D eigenvalue weighted by Gasteiger charge is 2.10. The zero-order valence-corrected chi connectivity index (χ0v) is 14.3. The Morgan fingerprint density at radius 1 is 1.38 bits per heavy atom. The van der Waals surface area contributed by atoms with Gasteiger partial charge in [0.15, 0.2) is 0 Å². The Balaban J connectivity index is 1.95. The fraction of sp³-hybridized carbons (Fsp3) is 0.333. The number of nitrogens with zero attached hydrogens (tertiary/aromatic N) is 2. The van der Waals surface area contributed by atoms with E-state index in [1.165, 1.54) is 13.2 Å². The zero-order valence-electron chi connectivity index (χ0n) is 13.5. The van der Waals surface area contributed by atoms with Gasteiger partial charge in [0.2, 0.25) is 15.9 Å². The summed E-state index contributed by atoms with van der Waals surface area (Å²) in [5.41, 5.74) is 0.764. The molecule has 2 aromatic rings. The van der Waals surface area contributed by atoms with Gasteiger partial charge in [-0.05, 0) is 30.7 Å². The first-order valence-corrected chi connectivity index (χ1v) is 9.19. The predicted octanol–water partition coefficient (Wildman–Crippen LogP) is 1.68. The standard InChI is InChI=1S/C15H20N4O4S/c1-23-14-7-6-12(11-13(14)18-24(2,21)22)17-15(20)5-3-9-19-10-4-8-16-19/h4,6-8,10-11,18H,3,5,9H2,1-2H3,(H,17,20). The van der Waals surface area contributed by atoms with Crippen LogP contribution in [0.15, 0.2) is 36.7 Å². The lowest BCUT2D eigenvalue weighted by molar-refractivity contribution is -0.116. The van der Waals surface area contributed by atoms with Crippen molar-refractivity contribution in [3.05, 3.63) is 36.7 Å². The molecule has 0 atom stereocenters. The van der Waals surface area contributed by atoms with E-state index in [-0.39, 0.29) is 11.6 Å². The van der Waals surface area contributed by atoms with Gasteiger partial charge in [0, 0.05) is 31.0 Å². The van der Waals surface area contributed by atoms with Crippen molar-refractivity contribution >= 4 is 27.3 Å². The van der Waals surface area contributed by atoms with Gasteiger partial charge in [-0.1, -0.05) is 0 Å². The van der Waals surface area contributed by atoms with E-state index >= 15 is 0 Å². The smallest absolute Gasteiger partial charge is 0.229 e. The van der Waals surface area contributed by atoms with Crippen LogP contribution < -0.4 is 14.8 Å². The second kappa shape index (κ2) is 7.82. The van der Waals surface area contributed by atoms with Crippen molar-refractivity contribution in [3.8, 4) is 5.75 Å². The normalized spacial score (nSPS) is 11.1. The van der Waals surface area contributed by atoms with Crippen LogP contribution in [-0.2, 0) is 21.4 Å². The molecule has 0 bridgehead atoms. The summed E-state index contributed by atoms with van der Waals surface area (Å²) in [6, 6.07) is 6.59. The lowest BCUT2D eigenvalue weighted by Crippen LogP contribution is -2.14. The summed E-state index contributed by atoms with van der Waals surface area (Å²) in [6.07, 6.45) is 5.56. The molecule has 0 aliphatic heterocycles. The van der Waals surface area contributed by atoms with Crippen molar-refractivity contribution in [2.24, 2.45) is 0 Å². The first-order valence-electron chi connectivity index (χ1n) is 7.30. The maximum Gasteiger partial charge on any atom is 0.229 e. The number of aryl methyl sites for hydroxylation is 1. The largest absolute Gasteiger partial charge is 0.495 e. The maximum atomic E-state index is 12.0. The van der Waals surface area contributed by atoms with Crippen molar-refractivity contribution in [2.45, 2.75) is 19.4 Å². The number of hydrogen-bond donors (Lipinski definition) is 2. The average Bonchev–Trinajstić information content (AvgIpc) is 2.99. The topological polar surface area (TPSA) is 102 Å². The molecular formula is C15H20N4O4S. The van der Waals surface area contributed by atoms with Crippen LogP contribution >= 0.6 is 0 Å². The van der Waals surface area contributed by atoms with Gasteiger partial charge in [0.25, 0.3) is 0 Å². The molecule has 24 heavy (non-hydrogen) atoms. The third kappa shape index (κ3) is 5.58. The third-order valence-electron chi connectivity index (χ3n) is 3.13. The molecule has 0 radical (unpaired) electrons. The summed E-state index contributed by atoms with van der Waals surface area (Å²) >= 11 is 0. The van der Waals surface area contributed by atoms with Crippen LogP contribution in [0.5, 0.6) is 5.75 Å². The van der Waals surface area contributed by atoms with Gasteiger partial charge in [-0.3, -0.25) is 14.2 Å². The van der Waals surface area contributed by atoms with Gasteiger partial charge < -0.3 is 10.1 Å². The lowest BCUT2D eigenvalue weighted by Gasteiger charge is -2.12. The molecule has 0 unspecified atom stereocenters. The maximum absolute atomic E-state index is 12.0. The molecule has 0 aliphatic rings. The fourth-order valence-corrected chi connectivity index (χ4v) is 2.68. The van der Waals surface area contributed by atoms with Crippen molar-refractivity contribution in [1.82, 2.24) is 9.78 Å². The Morgan fingerprint density at radius 3 is 2.79 bits per heavy atom. The minimum Gasteiger partial charge on any atom is -0.495 e. The number of ether oxygens (including phenoxy) is 1. The van der Waals surface area contributed by atoms with Crippen LogP contribution in [0, 0.1) is 0 Å². The molecule has 1 amide bonds. The van der Waals surface area contributed by atoms with Gasteiger partial charge in [-0.25, -0.2) is 8.42 Å². The van der Waals surface area contributed by atoms with E-state index in [9.17, 15) is 13.2 Å². The molecule has 0 fully saturated rings. The quantitative estimate of drug-likeness (QED) is 0.752. The van der Waals surface area contributed by atoms with Gasteiger partial charge in [0.1, 0.15) is 5.75 Å². The lowest BCUT2D eigenvalue weighted by atomic mass is 10.2. The zero-order chi connectivity index (χ0) is 17.6. The van der Waals surface area contributed by atoms with E-state index in [0.717, 1.165) is 6.26 Å². The minimum atomic E-state index is -3.45. The minimum absolute atomic E-state index is 0.155. The second-order valence-corrected chi connectivity index (χ2v) is 6.96. The first kappa shape index (κ1) is 17.8. The fourth-order valence-electron chi connectivity index (χ4n) is 2.12. The highest BCUT2D eigenvalue weighted by atomic mass is 32.2. The van der Waals surface area contributed by atoms with Crippen molar-refractivity contribution < 1.29 is 17.9 Å². The van der Waals surface area contributed by atoms with Crippen LogP contribution in [0.2, 0.25) is 0 Å². The Labute approximate surface area is 140 Å². The summed E-state index contributed by atoms with van der Waals surface area (Å²) in [6.45, 7) is 0.657. The van der Waals surface area contributed by atoms with Crippen LogP contribution in [-0.4, -0.2) is 37.5 Å². The highest BCUT2D eigenvalue weighted by molar-refractivity contribution is 7.92. The molecule has 0 spiro atoms. The van der Waals surface area contributed by atoms with Crippen molar-refractivity contribution in [3.63, 3.8) is 0 Å². The Kier molecular flexibility index (Phi) is 5.80. The van der Waals surface area contributed by atoms with Crippen LogP contribution in [0.4, 0.5) is 11.4 Å². The summed E-state index contributed by atoms with van der Waals surface area (Å²) in [5, 5.41) is 6.81. The number of aromatic nitrogens is 2. The molecule has 130 valence electrons. The molecule has 0 aliphatic carbocycles.